The van der Waals surface area contributed by atoms with Crippen molar-refractivity contribution < 1.29 is 13.9 Å². The van der Waals surface area contributed by atoms with E-state index in [4.69, 9.17) is 20.8 Å². The van der Waals surface area contributed by atoms with E-state index in [1.807, 2.05) is 12.1 Å². The van der Waals surface area contributed by atoms with E-state index in [2.05, 4.69) is 0 Å². The van der Waals surface area contributed by atoms with Crippen molar-refractivity contribution in [2.24, 2.45) is 0 Å². The van der Waals surface area contributed by atoms with Crippen molar-refractivity contribution in [2.45, 2.75) is 6.10 Å². The predicted octanol–water partition coefficient (Wildman–Crippen LogP) is 3.21. The van der Waals surface area contributed by atoms with Gasteiger partial charge in [-0.3, -0.25) is 4.79 Å². The van der Waals surface area contributed by atoms with Gasteiger partial charge in [0.2, 0.25) is 0 Å². The lowest BCUT2D eigenvalue weighted by Gasteiger charge is -2.31. The monoisotopic (exact) mass is 297 g/mol. The molecule has 0 radical (unpaired) electrons. The summed E-state index contributed by atoms with van der Waals surface area (Å²) in [7, 11) is 0. The second-order valence-corrected chi connectivity index (χ2v) is 5.94. The highest BCUT2D eigenvalue weighted by molar-refractivity contribution is 7.17. The number of halogens is 1. The molecule has 6 heteroatoms. The fourth-order valence-electron chi connectivity index (χ4n) is 2.07. The molecule has 1 aliphatic heterocycles. The maximum atomic E-state index is 12.3. The minimum Gasteiger partial charge on any atom is -0.467 e. The van der Waals surface area contributed by atoms with Crippen LogP contribution in [0.25, 0.3) is 0 Å². The van der Waals surface area contributed by atoms with Crippen LogP contribution in [0.4, 0.5) is 0 Å². The Kier molecular flexibility index (Phi) is 3.59. The van der Waals surface area contributed by atoms with Crippen LogP contribution < -0.4 is 0 Å². The van der Waals surface area contributed by atoms with Crippen molar-refractivity contribution in [3.05, 3.63) is 45.5 Å². The number of carbonyl (C=O) groups excluding carboxylic acids is 1. The molecule has 4 nitrogen and oxygen atoms in total. The average molecular weight is 298 g/mol. The highest BCUT2D eigenvalue weighted by Gasteiger charge is 2.28. The lowest BCUT2D eigenvalue weighted by molar-refractivity contribution is -0.0319. The molecule has 1 atom stereocenters. The maximum absolute atomic E-state index is 12.3. The Morgan fingerprint density at radius 1 is 1.42 bits per heavy atom. The number of amides is 1. The summed E-state index contributed by atoms with van der Waals surface area (Å²) in [5.74, 6) is 0.749. The summed E-state index contributed by atoms with van der Waals surface area (Å²) in [5.41, 5.74) is 0. The number of carbonyl (C=O) groups is 1. The zero-order valence-electron chi connectivity index (χ0n) is 10.0. The first kappa shape index (κ1) is 12.7. The summed E-state index contributed by atoms with van der Waals surface area (Å²) in [6.45, 7) is 1.60. The highest BCUT2D eigenvalue weighted by Crippen LogP contribution is 2.26. The van der Waals surface area contributed by atoms with Gasteiger partial charge < -0.3 is 14.1 Å². The van der Waals surface area contributed by atoms with Crippen LogP contribution in [0.3, 0.4) is 0 Å². The standard InChI is InChI=1S/C13H12ClNO3S/c14-12-4-3-11(19-12)13(16)15-5-7-18-10(8-15)9-2-1-6-17-9/h1-4,6,10H,5,7-8H2. The number of thiophene rings is 1. The van der Waals surface area contributed by atoms with Crippen LogP contribution in [-0.2, 0) is 4.74 Å². The number of hydrogen-bond acceptors (Lipinski definition) is 4. The lowest BCUT2D eigenvalue weighted by atomic mass is 10.2. The maximum Gasteiger partial charge on any atom is 0.264 e. The van der Waals surface area contributed by atoms with Crippen LogP contribution in [0, 0.1) is 0 Å². The molecule has 0 aromatic carbocycles. The van der Waals surface area contributed by atoms with Crippen LogP contribution >= 0.6 is 22.9 Å². The Morgan fingerprint density at radius 2 is 2.32 bits per heavy atom. The van der Waals surface area contributed by atoms with Crippen molar-refractivity contribution in [2.75, 3.05) is 19.7 Å². The second-order valence-electron chi connectivity index (χ2n) is 4.23. The average Bonchev–Trinajstić information content (AvgIpc) is 3.09. The van der Waals surface area contributed by atoms with Crippen LogP contribution in [-0.4, -0.2) is 30.5 Å². The summed E-state index contributed by atoms with van der Waals surface area (Å²) in [6, 6.07) is 7.18. The van der Waals surface area contributed by atoms with Gasteiger partial charge in [-0.15, -0.1) is 11.3 Å². The molecule has 0 spiro atoms. The Balaban J connectivity index is 1.73. The molecule has 3 rings (SSSR count). The largest absolute Gasteiger partial charge is 0.467 e. The summed E-state index contributed by atoms with van der Waals surface area (Å²) in [6.07, 6.45) is 1.42. The van der Waals surface area contributed by atoms with Crippen molar-refractivity contribution >= 4 is 28.8 Å². The van der Waals surface area contributed by atoms with Gasteiger partial charge in [0.15, 0.2) is 0 Å². The van der Waals surface area contributed by atoms with Gasteiger partial charge in [0.1, 0.15) is 11.9 Å². The minimum absolute atomic E-state index is 0.00300. The topological polar surface area (TPSA) is 42.7 Å². The van der Waals surface area contributed by atoms with Crippen molar-refractivity contribution in [3.8, 4) is 0 Å². The molecule has 0 saturated carbocycles. The van der Waals surface area contributed by atoms with E-state index < -0.39 is 0 Å². The van der Waals surface area contributed by atoms with Crippen LogP contribution in [0.2, 0.25) is 4.34 Å². The molecule has 100 valence electrons. The number of ether oxygens (including phenoxy) is 1. The van der Waals surface area contributed by atoms with E-state index in [9.17, 15) is 4.79 Å². The third-order valence-electron chi connectivity index (χ3n) is 3.00. The van der Waals surface area contributed by atoms with E-state index in [1.54, 1.807) is 23.3 Å². The molecule has 1 unspecified atom stereocenters. The van der Waals surface area contributed by atoms with Gasteiger partial charge in [-0.2, -0.15) is 0 Å². The van der Waals surface area contributed by atoms with Gasteiger partial charge in [0.25, 0.3) is 5.91 Å². The number of furan rings is 1. The molecule has 1 aliphatic rings. The van der Waals surface area contributed by atoms with Crippen molar-refractivity contribution in [1.29, 1.82) is 0 Å². The summed E-state index contributed by atoms with van der Waals surface area (Å²) in [5, 5.41) is 0. The summed E-state index contributed by atoms with van der Waals surface area (Å²) in [4.78, 5) is 14.8. The van der Waals surface area contributed by atoms with E-state index in [0.717, 1.165) is 5.76 Å². The van der Waals surface area contributed by atoms with Gasteiger partial charge in [-0.25, -0.2) is 0 Å². The SMILES string of the molecule is O=C(c1ccc(Cl)s1)N1CCOC(c2ccco2)C1. The molecule has 2 aromatic heterocycles. The molecule has 0 bridgehead atoms. The summed E-state index contributed by atoms with van der Waals surface area (Å²) >= 11 is 7.16. The van der Waals surface area contributed by atoms with Crippen molar-refractivity contribution in [3.63, 3.8) is 0 Å². The lowest BCUT2D eigenvalue weighted by Crippen LogP contribution is -2.41. The summed E-state index contributed by atoms with van der Waals surface area (Å²) < 4.78 is 11.6. The van der Waals surface area contributed by atoms with E-state index in [0.29, 0.717) is 28.9 Å². The van der Waals surface area contributed by atoms with E-state index in [1.165, 1.54) is 11.3 Å². The Bertz CT molecular complexity index is 566. The van der Waals surface area contributed by atoms with E-state index >= 15 is 0 Å². The molecule has 1 saturated heterocycles. The molecule has 3 heterocycles. The van der Waals surface area contributed by atoms with Crippen LogP contribution in [0.5, 0.6) is 0 Å². The molecular weight excluding hydrogens is 286 g/mol. The molecule has 1 fully saturated rings. The van der Waals surface area contributed by atoms with Crippen molar-refractivity contribution in [1.82, 2.24) is 4.90 Å². The molecular formula is C13H12ClNO3S. The molecule has 1 amide bonds. The normalized spacial score (nSPS) is 19.6. The zero-order valence-corrected chi connectivity index (χ0v) is 11.6. The quantitative estimate of drug-likeness (QED) is 0.855. The molecule has 0 N–H and O–H groups in total. The van der Waals surface area contributed by atoms with Gasteiger partial charge >= 0.3 is 0 Å². The molecule has 19 heavy (non-hydrogen) atoms. The van der Waals surface area contributed by atoms with Gasteiger partial charge in [0.05, 0.1) is 28.6 Å². The first-order chi connectivity index (χ1) is 9.24. The Labute approximate surface area is 119 Å². The van der Waals surface area contributed by atoms with E-state index in [-0.39, 0.29) is 12.0 Å². The molecule has 2 aromatic rings. The second kappa shape index (κ2) is 5.36. The number of morpholine rings is 1. The molecule has 0 aliphatic carbocycles. The number of nitrogens with zero attached hydrogens (tertiary/aromatic N) is 1. The van der Waals surface area contributed by atoms with Gasteiger partial charge in [-0.05, 0) is 24.3 Å². The first-order valence-electron chi connectivity index (χ1n) is 5.93. The number of hydrogen-bond donors (Lipinski definition) is 0. The predicted molar refractivity (Wildman–Crippen MR) is 72.6 cm³/mol. The minimum atomic E-state index is -0.192. The zero-order chi connectivity index (χ0) is 13.2. The van der Waals surface area contributed by atoms with Crippen LogP contribution in [0.15, 0.2) is 34.9 Å². The van der Waals surface area contributed by atoms with Gasteiger partial charge in [-0.1, -0.05) is 11.6 Å². The first-order valence-corrected chi connectivity index (χ1v) is 7.13. The fraction of sp³-hybridized carbons (Fsp3) is 0.308. The smallest absolute Gasteiger partial charge is 0.264 e. The fourth-order valence-corrected chi connectivity index (χ4v) is 3.08. The number of rotatable bonds is 2. The Hall–Kier alpha value is -1.30. The van der Waals surface area contributed by atoms with Gasteiger partial charge in [0, 0.05) is 6.54 Å². The van der Waals surface area contributed by atoms with Crippen LogP contribution in [0.1, 0.15) is 21.5 Å². The Morgan fingerprint density at radius 3 is 3.00 bits per heavy atom. The third-order valence-corrected chi connectivity index (χ3v) is 4.22. The third kappa shape index (κ3) is 2.68. The highest BCUT2D eigenvalue weighted by atomic mass is 35.5.